The molecular formula is C7H11ClN2O3. The number of alkyl halides is 1. The molecule has 0 unspecified atom stereocenters. The van der Waals surface area contributed by atoms with E-state index < -0.39 is 6.09 Å². The number of nitrogens with zero attached hydrogens (tertiary/aromatic N) is 1. The number of halogens is 1. The van der Waals surface area contributed by atoms with Gasteiger partial charge in [-0.1, -0.05) is 0 Å². The van der Waals surface area contributed by atoms with Crippen LogP contribution in [0.25, 0.3) is 0 Å². The molecule has 0 aliphatic carbocycles. The third-order valence-corrected chi connectivity index (χ3v) is 2.19. The molecule has 0 aromatic heterocycles. The second-order valence-corrected chi connectivity index (χ2v) is 3.18. The van der Waals surface area contributed by atoms with E-state index in [-0.39, 0.29) is 17.8 Å². The van der Waals surface area contributed by atoms with Gasteiger partial charge in [0.05, 0.1) is 0 Å². The van der Waals surface area contributed by atoms with Crippen LogP contribution in [0, 0.1) is 0 Å². The van der Waals surface area contributed by atoms with Gasteiger partial charge in [0, 0.05) is 19.1 Å². The highest BCUT2D eigenvalue weighted by molar-refractivity contribution is 6.27. The number of carboxylic acid groups (broad SMARTS) is 1. The number of rotatable bonds is 2. The highest BCUT2D eigenvalue weighted by Crippen LogP contribution is 2.08. The molecule has 1 aliphatic heterocycles. The maximum Gasteiger partial charge on any atom is 0.407 e. The Labute approximate surface area is 80.7 Å². The van der Waals surface area contributed by atoms with E-state index in [2.05, 4.69) is 5.32 Å². The Morgan fingerprint density at radius 3 is 2.77 bits per heavy atom. The van der Waals surface area contributed by atoms with E-state index in [1.54, 1.807) is 0 Å². The molecular weight excluding hydrogens is 196 g/mol. The molecule has 0 aromatic carbocycles. The quantitative estimate of drug-likeness (QED) is 0.630. The summed E-state index contributed by atoms with van der Waals surface area (Å²) in [7, 11) is 0. The van der Waals surface area contributed by atoms with Crippen molar-refractivity contribution in [3.63, 3.8) is 0 Å². The predicted molar refractivity (Wildman–Crippen MR) is 46.9 cm³/mol. The third-order valence-electron chi connectivity index (χ3n) is 1.95. The van der Waals surface area contributed by atoms with E-state index in [1.165, 1.54) is 4.90 Å². The summed E-state index contributed by atoms with van der Waals surface area (Å²) in [4.78, 5) is 22.6. The van der Waals surface area contributed by atoms with E-state index in [0.29, 0.717) is 19.5 Å². The van der Waals surface area contributed by atoms with Gasteiger partial charge in [0.25, 0.3) is 0 Å². The monoisotopic (exact) mass is 206 g/mol. The number of amides is 2. The summed E-state index contributed by atoms with van der Waals surface area (Å²) < 4.78 is 0. The summed E-state index contributed by atoms with van der Waals surface area (Å²) in [5, 5.41) is 11.2. The minimum Gasteiger partial charge on any atom is -0.465 e. The topological polar surface area (TPSA) is 69.6 Å². The Morgan fingerprint density at radius 2 is 2.31 bits per heavy atom. The molecule has 74 valence electrons. The highest BCUT2D eigenvalue weighted by atomic mass is 35.5. The first-order valence-corrected chi connectivity index (χ1v) is 4.50. The van der Waals surface area contributed by atoms with Gasteiger partial charge in [0.1, 0.15) is 5.88 Å². The summed E-state index contributed by atoms with van der Waals surface area (Å²) in [5.74, 6) is -0.331. The van der Waals surface area contributed by atoms with E-state index >= 15 is 0 Å². The molecule has 6 heteroatoms. The van der Waals surface area contributed by atoms with Gasteiger partial charge in [0.15, 0.2) is 0 Å². The molecule has 1 fully saturated rings. The molecule has 0 saturated carbocycles. The maximum atomic E-state index is 10.8. The van der Waals surface area contributed by atoms with E-state index in [0.717, 1.165) is 0 Å². The molecule has 1 aliphatic rings. The molecule has 5 nitrogen and oxygen atoms in total. The Balaban J connectivity index is 2.33. The third kappa shape index (κ3) is 2.77. The zero-order chi connectivity index (χ0) is 9.84. The van der Waals surface area contributed by atoms with Crippen LogP contribution in [0.1, 0.15) is 6.42 Å². The smallest absolute Gasteiger partial charge is 0.407 e. The minimum absolute atomic E-state index is 0.0798. The number of carbonyl (C=O) groups excluding carboxylic acids is 1. The predicted octanol–water partition coefficient (Wildman–Crippen LogP) is 0.0937. The lowest BCUT2D eigenvalue weighted by Gasteiger charge is -2.12. The number of hydrogen-bond acceptors (Lipinski definition) is 2. The minimum atomic E-state index is -0.942. The summed E-state index contributed by atoms with van der Waals surface area (Å²) in [6.45, 7) is 0.834. The Morgan fingerprint density at radius 1 is 1.62 bits per heavy atom. The molecule has 0 bridgehead atoms. The van der Waals surface area contributed by atoms with Gasteiger partial charge in [-0.25, -0.2) is 4.79 Å². The average Bonchev–Trinajstić information content (AvgIpc) is 2.52. The summed E-state index contributed by atoms with van der Waals surface area (Å²) in [5.41, 5.74) is 0. The second kappa shape index (κ2) is 4.32. The average molecular weight is 207 g/mol. The SMILES string of the molecule is O=C(CCl)N[C@H]1CCN(C(=O)O)C1. The van der Waals surface area contributed by atoms with Crippen LogP contribution in [-0.4, -0.2) is 47.0 Å². The van der Waals surface area contributed by atoms with Crippen molar-refractivity contribution >= 4 is 23.6 Å². The fraction of sp³-hybridized carbons (Fsp3) is 0.714. The summed E-state index contributed by atoms with van der Waals surface area (Å²) in [6, 6.07) is -0.0812. The normalized spacial score (nSPS) is 21.6. The van der Waals surface area contributed by atoms with Crippen molar-refractivity contribution in [3.05, 3.63) is 0 Å². The van der Waals surface area contributed by atoms with Gasteiger partial charge < -0.3 is 15.3 Å². The Bertz CT molecular complexity index is 222. The first-order valence-electron chi connectivity index (χ1n) is 3.96. The molecule has 2 amide bonds. The van der Waals surface area contributed by atoms with Crippen LogP contribution in [-0.2, 0) is 4.79 Å². The van der Waals surface area contributed by atoms with Gasteiger partial charge in [-0.15, -0.1) is 11.6 Å². The van der Waals surface area contributed by atoms with Crippen molar-refractivity contribution in [3.8, 4) is 0 Å². The van der Waals surface area contributed by atoms with Gasteiger partial charge in [-0.05, 0) is 6.42 Å². The molecule has 1 saturated heterocycles. The van der Waals surface area contributed by atoms with Crippen molar-refractivity contribution in [2.75, 3.05) is 19.0 Å². The number of likely N-dealkylation sites (tertiary alicyclic amines) is 1. The zero-order valence-corrected chi connectivity index (χ0v) is 7.75. The number of carbonyl (C=O) groups is 2. The van der Waals surface area contributed by atoms with Crippen molar-refractivity contribution in [1.82, 2.24) is 10.2 Å². The van der Waals surface area contributed by atoms with Crippen LogP contribution in [0.5, 0.6) is 0 Å². The Kier molecular flexibility index (Phi) is 3.36. The molecule has 1 rings (SSSR count). The van der Waals surface area contributed by atoms with Crippen LogP contribution in [0.3, 0.4) is 0 Å². The van der Waals surface area contributed by atoms with Crippen LogP contribution in [0.15, 0.2) is 0 Å². The summed E-state index contributed by atoms with van der Waals surface area (Å²) >= 11 is 5.29. The fourth-order valence-corrected chi connectivity index (χ4v) is 1.40. The van der Waals surface area contributed by atoms with Crippen LogP contribution in [0.4, 0.5) is 4.79 Å². The maximum absolute atomic E-state index is 10.8. The standard InChI is InChI=1S/C7H11ClN2O3/c8-3-6(11)9-5-1-2-10(4-5)7(12)13/h5H,1-4H2,(H,9,11)(H,12,13)/t5-/m0/s1. The van der Waals surface area contributed by atoms with Crippen molar-refractivity contribution in [2.24, 2.45) is 0 Å². The van der Waals surface area contributed by atoms with E-state index in [4.69, 9.17) is 16.7 Å². The van der Waals surface area contributed by atoms with Gasteiger partial charge in [-0.2, -0.15) is 0 Å². The molecule has 1 atom stereocenters. The first kappa shape index (κ1) is 10.1. The number of nitrogens with one attached hydrogen (secondary N) is 1. The lowest BCUT2D eigenvalue weighted by Crippen LogP contribution is -2.38. The van der Waals surface area contributed by atoms with Gasteiger partial charge >= 0.3 is 6.09 Å². The second-order valence-electron chi connectivity index (χ2n) is 2.92. The van der Waals surface area contributed by atoms with Crippen molar-refractivity contribution < 1.29 is 14.7 Å². The van der Waals surface area contributed by atoms with Gasteiger partial charge in [0.2, 0.25) is 5.91 Å². The molecule has 2 N–H and O–H groups in total. The van der Waals surface area contributed by atoms with Crippen molar-refractivity contribution in [1.29, 1.82) is 0 Å². The van der Waals surface area contributed by atoms with Crippen molar-refractivity contribution in [2.45, 2.75) is 12.5 Å². The first-order chi connectivity index (χ1) is 6.13. The van der Waals surface area contributed by atoms with Crippen LogP contribution in [0.2, 0.25) is 0 Å². The largest absolute Gasteiger partial charge is 0.465 e. The zero-order valence-electron chi connectivity index (χ0n) is 6.99. The molecule has 1 heterocycles. The van der Waals surface area contributed by atoms with E-state index in [9.17, 15) is 9.59 Å². The van der Waals surface area contributed by atoms with Gasteiger partial charge in [-0.3, -0.25) is 4.79 Å². The highest BCUT2D eigenvalue weighted by Gasteiger charge is 2.26. The Hall–Kier alpha value is -0.970. The molecule has 0 radical (unpaired) electrons. The van der Waals surface area contributed by atoms with Crippen LogP contribution >= 0.6 is 11.6 Å². The fourth-order valence-electron chi connectivity index (χ4n) is 1.32. The lowest BCUT2D eigenvalue weighted by atomic mass is 10.3. The van der Waals surface area contributed by atoms with E-state index in [1.807, 2.05) is 0 Å². The number of hydrogen-bond donors (Lipinski definition) is 2. The summed E-state index contributed by atoms with van der Waals surface area (Å²) in [6.07, 6.45) is -0.280. The molecule has 0 aromatic rings. The molecule has 13 heavy (non-hydrogen) atoms. The van der Waals surface area contributed by atoms with Crippen LogP contribution < -0.4 is 5.32 Å². The molecule has 0 spiro atoms. The lowest BCUT2D eigenvalue weighted by molar-refractivity contribution is -0.119.